The van der Waals surface area contributed by atoms with Crippen LogP contribution in [0.2, 0.25) is 0 Å². The molecule has 0 aliphatic carbocycles. The van der Waals surface area contributed by atoms with Crippen LogP contribution in [0, 0.1) is 6.92 Å². The summed E-state index contributed by atoms with van der Waals surface area (Å²) in [5, 5.41) is 0. The summed E-state index contributed by atoms with van der Waals surface area (Å²) >= 11 is 0. The minimum atomic E-state index is 1.20. The van der Waals surface area contributed by atoms with Crippen molar-refractivity contribution in [3.05, 3.63) is 65.5 Å². The highest BCUT2D eigenvalue weighted by atomic mass is 14.6. The standard InChI is InChI=1S/C14H13N/c1-12-11-15-10-9-14(12)8-7-13-5-3-2-4-6-13/h2-11H,1H3/b8-7+. The Hall–Kier alpha value is -1.89. The van der Waals surface area contributed by atoms with Crippen LogP contribution in [0.5, 0.6) is 0 Å². The number of aryl methyl sites for hydroxylation is 1. The van der Waals surface area contributed by atoms with E-state index in [1.807, 2.05) is 36.7 Å². The molecule has 1 aromatic carbocycles. The van der Waals surface area contributed by atoms with Crippen molar-refractivity contribution in [2.75, 3.05) is 0 Å². The second kappa shape index (κ2) is 4.56. The molecular formula is C14H13N. The maximum Gasteiger partial charge on any atom is 0.0303 e. The predicted molar refractivity (Wildman–Crippen MR) is 64.3 cm³/mol. The lowest BCUT2D eigenvalue weighted by Crippen LogP contribution is -1.81. The van der Waals surface area contributed by atoms with Crippen LogP contribution in [0.25, 0.3) is 12.2 Å². The van der Waals surface area contributed by atoms with Gasteiger partial charge in [0.15, 0.2) is 0 Å². The molecule has 0 bridgehead atoms. The molecule has 1 heterocycles. The molecule has 1 nitrogen and oxygen atoms in total. The largest absolute Gasteiger partial charge is 0.264 e. The van der Waals surface area contributed by atoms with Gasteiger partial charge in [-0.05, 0) is 29.7 Å². The number of hydrogen-bond donors (Lipinski definition) is 0. The van der Waals surface area contributed by atoms with Crippen molar-refractivity contribution in [3.63, 3.8) is 0 Å². The molecule has 0 fully saturated rings. The molecule has 0 aliphatic heterocycles. The lowest BCUT2D eigenvalue weighted by molar-refractivity contribution is 1.26. The average molecular weight is 195 g/mol. The number of pyridine rings is 1. The smallest absolute Gasteiger partial charge is 0.0303 e. The summed E-state index contributed by atoms with van der Waals surface area (Å²) in [5.74, 6) is 0. The maximum absolute atomic E-state index is 4.07. The molecule has 0 saturated heterocycles. The van der Waals surface area contributed by atoms with E-state index in [0.29, 0.717) is 0 Å². The van der Waals surface area contributed by atoms with Crippen LogP contribution in [0.1, 0.15) is 16.7 Å². The molecular weight excluding hydrogens is 182 g/mol. The lowest BCUT2D eigenvalue weighted by Gasteiger charge is -1.97. The Labute approximate surface area is 90.1 Å². The van der Waals surface area contributed by atoms with Gasteiger partial charge >= 0.3 is 0 Å². The van der Waals surface area contributed by atoms with Crippen molar-refractivity contribution < 1.29 is 0 Å². The van der Waals surface area contributed by atoms with Gasteiger partial charge in [0, 0.05) is 12.4 Å². The Kier molecular flexibility index (Phi) is 2.93. The van der Waals surface area contributed by atoms with E-state index in [1.165, 1.54) is 16.7 Å². The van der Waals surface area contributed by atoms with Crippen molar-refractivity contribution in [1.82, 2.24) is 4.98 Å². The van der Waals surface area contributed by atoms with Gasteiger partial charge in [-0.3, -0.25) is 4.98 Å². The predicted octanol–water partition coefficient (Wildman–Crippen LogP) is 3.56. The normalized spacial score (nSPS) is 10.7. The quantitative estimate of drug-likeness (QED) is 0.714. The summed E-state index contributed by atoms with van der Waals surface area (Å²) in [4.78, 5) is 4.07. The van der Waals surface area contributed by atoms with Gasteiger partial charge in [0.05, 0.1) is 0 Å². The Morgan fingerprint density at radius 2 is 1.80 bits per heavy atom. The first-order valence-electron chi connectivity index (χ1n) is 5.00. The molecule has 0 unspecified atom stereocenters. The third kappa shape index (κ3) is 2.53. The maximum atomic E-state index is 4.07. The topological polar surface area (TPSA) is 12.9 Å². The van der Waals surface area contributed by atoms with Crippen molar-refractivity contribution >= 4 is 12.2 Å². The second-order valence-electron chi connectivity index (χ2n) is 3.48. The first-order chi connectivity index (χ1) is 7.36. The molecule has 0 amide bonds. The Morgan fingerprint density at radius 3 is 2.53 bits per heavy atom. The fourth-order valence-corrected chi connectivity index (χ4v) is 1.42. The Balaban J connectivity index is 2.23. The molecule has 74 valence electrons. The summed E-state index contributed by atoms with van der Waals surface area (Å²) in [7, 11) is 0. The monoisotopic (exact) mass is 195 g/mol. The Morgan fingerprint density at radius 1 is 1.00 bits per heavy atom. The minimum absolute atomic E-state index is 1.20. The third-order valence-electron chi connectivity index (χ3n) is 2.32. The molecule has 2 aromatic rings. The zero-order valence-electron chi connectivity index (χ0n) is 8.72. The summed E-state index contributed by atoms with van der Waals surface area (Å²) in [5.41, 5.74) is 3.63. The van der Waals surface area contributed by atoms with Gasteiger partial charge in [0.25, 0.3) is 0 Å². The fourth-order valence-electron chi connectivity index (χ4n) is 1.42. The van der Waals surface area contributed by atoms with Gasteiger partial charge in [-0.1, -0.05) is 42.5 Å². The molecule has 0 aliphatic rings. The van der Waals surface area contributed by atoms with Crippen LogP contribution in [0.4, 0.5) is 0 Å². The van der Waals surface area contributed by atoms with Gasteiger partial charge in [-0.25, -0.2) is 0 Å². The zero-order valence-corrected chi connectivity index (χ0v) is 8.72. The summed E-state index contributed by atoms with van der Waals surface area (Å²) in [6.45, 7) is 2.07. The highest BCUT2D eigenvalue weighted by Gasteiger charge is 1.91. The number of rotatable bonds is 2. The lowest BCUT2D eigenvalue weighted by atomic mass is 10.1. The first-order valence-corrected chi connectivity index (χ1v) is 5.00. The van der Waals surface area contributed by atoms with Crippen LogP contribution >= 0.6 is 0 Å². The van der Waals surface area contributed by atoms with Crippen LogP contribution in [-0.4, -0.2) is 4.98 Å². The molecule has 0 saturated carbocycles. The van der Waals surface area contributed by atoms with E-state index in [-0.39, 0.29) is 0 Å². The van der Waals surface area contributed by atoms with E-state index >= 15 is 0 Å². The van der Waals surface area contributed by atoms with Gasteiger partial charge in [-0.15, -0.1) is 0 Å². The van der Waals surface area contributed by atoms with Crippen molar-refractivity contribution in [3.8, 4) is 0 Å². The van der Waals surface area contributed by atoms with Gasteiger partial charge in [0.1, 0.15) is 0 Å². The molecule has 15 heavy (non-hydrogen) atoms. The molecule has 2 rings (SSSR count). The highest BCUT2D eigenvalue weighted by molar-refractivity contribution is 5.70. The number of aromatic nitrogens is 1. The van der Waals surface area contributed by atoms with Crippen LogP contribution < -0.4 is 0 Å². The van der Waals surface area contributed by atoms with Crippen molar-refractivity contribution in [2.24, 2.45) is 0 Å². The third-order valence-corrected chi connectivity index (χ3v) is 2.32. The SMILES string of the molecule is Cc1cnccc1/C=C/c1ccccc1. The van der Waals surface area contributed by atoms with Crippen LogP contribution in [0.3, 0.4) is 0 Å². The second-order valence-corrected chi connectivity index (χ2v) is 3.48. The van der Waals surface area contributed by atoms with E-state index < -0.39 is 0 Å². The average Bonchev–Trinajstić information content (AvgIpc) is 2.29. The summed E-state index contributed by atoms with van der Waals surface area (Å²) < 4.78 is 0. The molecule has 0 radical (unpaired) electrons. The van der Waals surface area contributed by atoms with E-state index in [9.17, 15) is 0 Å². The van der Waals surface area contributed by atoms with Gasteiger partial charge in [-0.2, -0.15) is 0 Å². The zero-order chi connectivity index (χ0) is 10.5. The van der Waals surface area contributed by atoms with E-state index in [4.69, 9.17) is 0 Å². The molecule has 1 heteroatoms. The van der Waals surface area contributed by atoms with Crippen LogP contribution in [0.15, 0.2) is 48.8 Å². The van der Waals surface area contributed by atoms with Crippen molar-refractivity contribution in [2.45, 2.75) is 6.92 Å². The van der Waals surface area contributed by atoms with E-state index in [1.54, 1.807) is 0 Å². The number of nitrogens with zero attached hydrogens (tertiary/aromatic N) is 1. The summed E-state index contributed by atoms with van der Waals surface area (Å²) in [6.07, 6.45) is 7.93. The molecule has 0 spiro atoms. The van der Waals surface area contributed by atoms with Crippen LogP contribution in [-0.2, 0) is 0 Å². The minimum Gasteiger partial charge on any atom is -0.264 e. The summed E-state index contributed by atoms with van der Waals surface area (Å²) in [6, 6.07) is 12.3. The molecule has 0 N–H and O–H groups in total. The molecule has 0 atom stereocenters. The van der Waals surface area contributed by atoms with Gasteiger partial charge < -0.3 is 0 Å². The highest BCUT2D eigenvalue weighted by Crippen LogP contribution is 2.10. The van der Waals surface area contributed by atoms with E-state index in [2.05, 4.69) is 36.2 Å². The fraction of sp³-hybridized carbons (Fsp3) is 0.0714. The number of hydrogen-bond acceptors (Lipinski definition) is 1. The van der Waals surface area contributed by atoms with Crippen molar-refractivity contribution in [1.29, 1.82) is 0 Å². The first kappa shape index (κ1) is 9.66. The van der Waals surface area contributed by atoms with E-state index in [0.717, 1.165) is 0 Å². The Bertz CT molecular complexity index is 458. The molecule has 1 aromatic heterocycles. The van der Waals surface area contributed by atoms with Gasteiger partial charge in [0.2, 0.25) is 0 Å². The number of benzene rings is 1.